The van der Waals surface area contributed by atoms with E-state index in [1.165, 1.54) is 22.3 Å². The van der Waals surface area contributed by atoms with Crippen molar-refractivity contribution in [3.63, 3.8) is 0 Å². The lowest BCUT2D eigenvalue weighted by Gasteiger charge is -2.17. The Morgan fingerprint density at radius 2 is 1.59 bits per heavy atom. The lowest BCUT2D eigenvalue weighted by atomic mass is 10.2. The zero-order valence-electron chi connectivity index (χ0n) is 12.7. The second-order valence-electron chi connectivity index (χ2n) is 4.97. The van der Waals surface area contributed by atoms with Crippen LogP contribution in [0, 0.1) is 31.0 Å². The second-order valence-corrected chi connectivity index (χ2v) is 5.72. The first-order valence-corrected chi connectivity index (χ1v) is 7.69. The molecule has 0 unspecified atom stereocenters. The van der Waals surface area contributed by atoms with E-state index in [9.17, 15) is 0 Å². The van der Waals surface area contributed by atoms with E-state index in [1.54, 1.807) is 0 Å². The lowest BCUT2D eigenvalue weighted by Crippen LogP contribution is -2.68. The molecule has 0 saturated carbocycles. The summed E-state index contributed by atoms with van der Waals surface area (Å²) in [4.78, 5) is 4.70. The molecule has 0 spiro atoms. The number of para-hydroxylation sites is 2. The Hall–Kier alpha value is -1.77. The van der Waals surface area contributed by atoms with Gasteiger partial charge >= 0.3 is 5.78 Å². The summed E-state index contributed by atoms with van der Waals surface area (Å²) in [6.07, 6.45) is 0. The molecule has 0 bridgehead atoms. The van der Waals surface area contributed by atoms with Crippen molar-refractivity contribution in [1.82, 2.24) is 9.38 Å². The number of benzene rings is 1. The fourth-order valence-electron chi connectivity index (χ4n) is 2.42. The van der Waals surface area contributed by atoms with Crippen molar-refractivity contribution < 1.29 is 33.4 Å². The van der Waals surface area contributed by atoms with Gasteiger partial charge < -0.3 is 0 Å². The molecule has 0 aliphatic rings. The molecule has 1 aromatic carbocycles. The molecule has 0 aliphatic carbocycles. The molecule has 2 heterocycles. The van der Waals surface area contributed by atoms with Crippen LogP contribution in [0.15, 0.2) is 24.3 Å². The molecule has 0 fully saturated rings. The zero-order valence-corrected chi connectivity index (χ0v) is 13.4. The summed E-state index contributed by atoms with van der Waals surface area (Å²) in [5.74, 6) is 1.01. The number of hydrogen-bond acceptors (Lipinski definition) is 5. The predicted octanol–water partition coefficient (Wildman–Crippen LogP) is -2.52. The minimum absolute atomic E-state index is 1.01. The Morgan fingerprint density at radius 1 is 1.05 bits per heavy atom. The molecular weight excluding hydrogens is 310 g/mol. The van der Waals surface area contributed by atoms with Crippen molar-refractivity contribution >= 4 is 16.8 Å². The summed E-state index contributed by atoms with van der Waals surface area (Å²) in [7, 11) is -2.88. The molecule has 22 heavy (non-hydrogen) atoms. The van der Waals surface area contributed by atoms with Gasteiger partial charge in [0.25, 0.3) is 0 Å². The van der Waals surface area contributed by atoms with Crippen LogP contribution >= 0.6 is 0 Å². The quantitative estimate of drug-likeness (QED) is 0.423. The van der Waals surface area contributed by atoms with Crippen LogP contribution in [0.4, 0.5) is 0 Å². The van der Waals surface area contributed by atoms with Gasteiger partial charge in [-0.3, -0.25) is 0 Å². The van der Waals surface area contributed by atoms with Crippen LogP contribution < -0.4 is 23.2 Å². The van der Waals surface area contributed by atoms with E-state index in [1.807, 2.05) is 0 Å². The normalized spacial score (nSPS) is 11.6. The summed E-state index contributed by atoms with van der Waals surface area (Å²) in [6.45, 7) is 6.36. The van der Waals surface area contributed by atoms with E-state index in [4.69, 9.17) is 23.6 Å². The number of hydrogen-bond donors (Lipinski definition) is 0. The number of fused-ring (bicyclic) bond motifs is 3. The molecule has 0 N–H and O–H groups in total. The SMILES string of the molecule is Cc1nc2n(c(C)c1C)c1ccccc1[n+]2C.[O-][Cl+3]([O-])([O-])[O-]. The number of aromatic nitrogens is 3. The average molecular weight is 326 g/mol. The van der Waals surface area contributed by atoms with Gasteiger partial charge in [-0.05, 0) is 32.9 Å². The molecule has 118 valence electrons. The van der Waals surface area contributed by atoms with Crippen LogP contribution in [0.1, 0.15) is 17.0 Å². The largest absolute Gasteiger partial charge is 0.404 e. The molecule has 0 atom stereocenters. The van der Waals surface area contributed by atoms with Crippen molar-refractivity contribution in [3.05, 3.63) is 41.2 Å². The van der Waals surface area contributed by atoms with Gasteiger partial charge in [-0.25, -0.2) is 23.2 Å². The van der Waals surface area contributed by atoms with Gasteiger partial charge in [-0.1, -0.05) is 17.1 Å². The maximum atomic E-state index is 8.49. The summed E-state index contributed by atoms with van der Waals surface area (Å²) in [5, 5.41) is 0. The molecule has 3 aromatic rings. The fourth-order valence-corrected chi connectivity index (χ4v) is 2.42. The molecule has 7 nitrogen and oxygen atoms in total. The van der Waals surface area contributed by atoms with Crippen LogP contribution in [-0.2, 0) is 7.05 Å². The first-order valence-electron chi connectivity index (χ1n) is 6.46. The lowest BCUT2D eigenvalue weighted by molar-refractivity contribution is -2.00. The standard InChI is InChI=1S/C14H16N3.ClHO4/c1-9-10(2)15-14-16(4)12-7-5-6-8-13(12)17(14)11(9)3;2-1(3,4)5/h5-8H,1-4H3;(H,2,3,4,5)/q+1;/p-1. The van der Waals surface area contributed by atoms with Crippen molar-refractivity contribution in [2.75, 3.05) is 0 Å². The maximum Gasteiger partial charge on any atom is 0.404 e. The van der Waals surface area contributed by atoms with E-state index in [0.717, 1.165) is 11.5 Å². The van der Waals surface area contributed by atoms with Crippen molar-refractivity contribution in [2.24, 2.45) is 7.05 Å². The van der Waals surface area contributed by atoms with Gasteiger partial charge in [0.2, 0.25) is 0 Å². The number of imidazole rings is 1. The monoisotopic (exact) mass is 325 g/mol. The van der Waals surface area contributed by atoms with Crippen LogP contribution in [0.5, 0.6) is 0 Å². The molecule has 2 aromatic heterocycles. The zero-order chi connectivity index (χ0) is 16.7. The molecule has 8 heteroatoms. The minimum Gasteiger partial charge on any atom is -0.227 e. The van der Waals surface area contributed by atoms with Gasteiger partial charge in [0.15, 0.2) is 0 Å². The van der Waals surface area contributed by atoms with E-state index in [0.29, 0.717) is 0 Å². The van der Waals surface area contributed by atoms with E-state index in [2.05, 4.69) is 61.1 Å². The Kier molecular flexibility index (Phi) is 4.37. The highest BCUT2D eigenvalue weighted by Crippen LogP contribution is 2.18. The summed E-state index contributed by atoms with van der Waals surface area (Å²) < 4.78 is 38.4. The van der Waals surface area contributed by atoms with Crippen LogP contribution in [0.3, 0.4) is 0 Å². The van der Waals surface area contributed by atoms with Crippen molar-refractivity contribution in [3.8, 4) is 0 Å². The highest BCUT2D eigenvalue weighted by atomic mass is 35.7. The number of nitrogens with zero attached hydrogens (tertiary/aromatic N) is 3. The summed E-state index contributed by atoms with van der Waals surface area (Å²) >= 11 is 0. The maximum absolute atomic E-state index is 8.49. The minimum atomic E-state index is -4.94. The van der Waals surface area contributed by atoms with Gasteiger partial charge in [-0.15, -0.1) is 10.2 Å². The third kappa shape index (κ3) is 3.18. The number of rotatable bonds is 0. The second kappa shape index (κ2) is 5.79. The average Bonchev–Trinajstić information content (AvgIpc) is 2.68. The van der Waals surface area contributed by atoms with Crippen molar-refractivity contribution in [2.45, 2.75) is 20.8 Å². The van der Waals surface area contributed by atoms with Gasteiger partial charge in [0.05, 0.1) is 12.7 Å². The third-order valence-electron chi connectivity index (χ3n) is 3.67. The molecule has 0 saturated heterocycles. The van der Waals surface area contributed by atoms with Gasteiger partial charge in [-0.2, -0.15) is 4.40 Å². The van der Waals surface area contributed by atoms with Gasteiger partial charge in [0.1, 0.15) is 16.7 Å². The fraction of sp³-hybridized carbons (Fsp3) is 0.286. The number of aryl methyl sites for hydroxylation is 3. The first-order chi connectivity index (χ1) is 10.1. The molecule has 0 amide bonds. The molecular formula is C14H16ClN3O4. The highest BCUT2D eigenvalue weighted by molar-refractivity contribution is 5.75. The van der Waals surface area contributed by atoms with E-state index < -0.39 is 10.2 Å². The van der Waals surface area contributed by atoms with Gasteiger partial charge in [0, 0.05) is 5.56 Å². The Balaban J connectivity index is 0.000000309. The van der Waals surface area contributed by atoms with E-state index >= 15 is 0 Å². The molecule has 0 aliphatic heterocycles. The molecule has 0 radical (unpaired) electrons. The smallest absolute Gasteiger partial charge is 0.227 e. The Morgan fingerprint density at radius 3 is 2.18 bits per heavy atom. The van der Waals surface area contributed by atoms with E-state index in [-0.39, 0.29) is 0 Å². The predicted molar refractivity (Wildman–Crippen MR) is 68.1 cm³/mol. The Labute approximate surface area is 129 Å². The van der Waals surface area contributed by atoms with Crippen LogP contribution in [0.25, 0.3) is 16.8 Å². The number of halogens is 1. The summed E-state index contributed by atoms with van der Waals surface area (Å²) in [5.41, 5.74) is 6.07. The molecule has 3 rings (SSSR count). The third-order valence-corrected chi connectivity index (χ3v) is 3.67. The summed E-state index contributed by atoms with van der Waals surface area (Å²) in [6, 6.07) is 8.42. The van der Waals surface area contributed by atoms with Crippen LogP contribution in [0.2, 0.25) is 0 Å². The highest BCUT2D eigenvalue weighted by Gasteiger charge is 2.20. The van der Waals surface area contributed by atoms with Crippen molar-refractivity contribution in [1.29, 1.82) is 0 Å². The first kappa shape index (κ1) is 16.6. The Bertz CT molecular complexity index is 834. The van der Waals surface area contributed by atoms with Crippen LogP contribution in [-0.4, -0.2) is 9.38 Å². The topological polar surface area (TPSA) is 113 Å².